The highest BCUT2D eigenvalue weighted by molar-refractivity contribution is 9.10. The summed E-state index contributed by atoms with van der Waals surface area (Å²) in [5.41, 5.74) is -1.37. The number of carbonyl (C=O) groups is 1. The zero-order chi connectivity index (χ0) is 12.4. The largest absolute Gasteiger partial charge is 0.748 e. The first-order valence-electron chi connectivity index (χ1n) is 5.24. The smallest absolute Gasteiger partial charge is 0.153 e. The van der Waals surface area contributed by atoms with Gasteiger partial charge in [0, 0.05) is 11.2 Å². The van der Waals surface area contributed by atoms with Gasteiger partial charge in [0.05, 0.1) is 14.9 Å². The van der Waals surface area contributed by atoms with Crippen LogP contribution in [0, 0.1) is 16.7 Å². The Balaban J connectivity index is 0.00000144. The highest BCUT2D eigenvalue weighted by Crippen LogP contribution is 2.65. The molecule has 2 aliphatic rings. The molecule has 4 N–H and O–H groups in total. The second kappa shape index (κ2) is 4.01. The third-order valence-corrected chi connectivity index (χ3v) is 6.67. The zero-order valence-electron chi connectivity index (χ0n) is 10.2. The van der Waals surface area contributed by atoms with E-state index < -0.39 is 26.7 Å². The number of Topliss-reactive ketones (excluding diaryl/α,β-unsaturated/α-hetero) is 1. The molecule has 0 amide bonds. The molecular formula is C10H18BrNO4S. The van der Waals surface area contributed by atoms with Gasteiger partial charge < -0.3 is 10.7 Å². The van der Waals surface area contributed by atoms with Gasteiger partial charge in [0.1, 0.15) is 0 Å². The van der Waals surface area contributed by atoms with E-state index in [0.717, 1.165) is 6.42 Å². The van der Waals surface area contributed by atoms with Gasteiger partial charge >= 0.3 is 0 Å². The number of ketones is 1. The molecule has 5 nitrogen and oxygen atoms in total. The lowest BCUT2D eigenvalue weighted by molar-refractivity contribution is -0.127. The van der Waals surface area contributed by atoms with Gasteiger partial charge in [-0.2, -0.15) is 0 Å². The number of fused-ring (bicyclic) bond motifs is 2. The number of carbonyl (C=O) groups excluding carboxylic acids is 1. The second-order valence-corrected chi connectivity index (χ2v) is 7.75. The van der Waals surface area contributed by atoms with Crippen molar-refractivity contribution in [1.29, 1.82) is 0 Å². The topological polar surface area (TPSA) is 111 Å². The molecule has 0 saturated heterocycles. The fourth-order valence-electron chi connectivity index (χ4n) is 3.45. The zero-order valence-corrected chi connectivity index (χ0v) is 12.6. The number of rotatable bonds is 2. The quantitative estimate of drug-likeness (QED) is 0.614. The summed E-state index contributed by atoms with van der Waals surface area (Å²) in [6.45, 7) is 3.56. The Kier molecular flexibility index (Phi) is 3.56. The Labute approximate surface area is 110 Å². The van der Waals surface area contributed by atoms with Crippen LogP contribution in [0.25, 0.3) is 0 Å². The van der Waals surface area contributed by atoms with Crippen molar-refractivity contribution >= 4 is 31.8 Å². The Morgan fingerprint density at radius 1 is 1.47 bits per heavy atom. The summed E-state index contributed by atoms with van der Waals surface area (Å²) in [4.78, 5) is 11.8. The van der Waals surface area contributed by atoms with Crippen LogP contribution in [0.1, 0.15) is 26.7 Å². The third kappa shape index (κ3) is 1.87. The van der Waals surface area contributed by atoms with E-state index in [4.69, 9.17) is 0 Å². The minimum atomic E-state index is -4.30. The number of halogens is 1. The molecule has 0 spiro atoms. The molecule has 2 aliphatic carbocycles. The van der Waals surface area contributed by atoms with Gasteiger partial charge in [-0.05, 0) is 24.2 Å². The van der Waals surface area contributed by atoms with Gasteiger partial charge in [-0.1, -0.05) is 29.8 Å². The lowest BCUT2D eigenvalue weighted by Gasteiger charge is -2.37. The van der Waals surface area contributed by atoms with Crippen molar-refractivity contribution in [1.82, 2.24) is 6.15 Å². The SMILES string of the molecule is CC1(CS(=O)(=O)[O-])[C@H]2CC[C@]1(C)C(=O)[C@@H]2Br.[NH4+]. The van der Waals surface area contributed by atoms with Crippen LogP contribution < -0.4 is 6.15 Å². The van der Waals surface area contributed by atoms with E-state index in [0.29, 0.717) is 6.42 Å². The molecule has 0 aliphatic heterocycles. The molecule has 2 rings (SSSR count). The molecule has 2 saturated carbocycles. The summed E-state index contributed by atoms with van der Waals surface area (Å²) in [6, 6.07) is 0. The lowest BCUT2D eigenvalue weighted by atomic mass is 9.70. The molecule has 7 heteroatoms. The van der Waals surface area contributed by atoms with Gasteiger partial charge in [0.15, 0.2) is 5.78 Å². The minimum Gasteiger partial charge on any atom is -0.748 e. The highest BCUT2D eigenvalue weighted by Gasteiger charge is 2.68. The lowest BCUT2D eigenvalue weighted by Crippen LogP contribution is -2.40. The summed E-state index contributed by atoms with van der Waals surface area (Å²) < 4.78 is 33.0. The van der Waals surface area contributed by atoms with Crippen LogP contribution in [0.2, 0.25) is 0 Å². The summed E-state index contributed by atoms with van der Waals surface area (Å²) >= 11 is 3.33. The average molecular weight is 328 g/mol. The molecule has 0 aromatic rings. The predicted molar refractivity (Wildman–Crippen MR) is 67.2 cm³/mol. The summed E-state index contributed by atoms with van der Waals surface area (Å²) in [7, 11) is -4.30. The van der Waals surface area contributed by atoms with Crippen molar-refractivity contribution in [2.24, 2.45) is 16.7 Å². The molecule has 100 valence electrons. The third-order valence-electron chi connectivity index (χ3n) is 4.66. The first-order chi connectivity index (χ1) is 7.12. The molecular weight excluding hydrogens is 310 g/mol. The molecule has 1 unspecified atom stereocenters. The van der Waals surface area contributed by atoms with Crippen LogP contribution >= 0.6 is 15.9 Å². The predicted octanol–water partition coefficient (Wildman–Crippen LogP) is 1.68. The minimum absolute atomic E-state index is 0. The summed E-state index contributed by atoms with van der Waals surface area (Å²) in [5, 5.41) is 0. The van der Waals surface area contributed by atoms with Crippen molar-refractivity contribution in [2.75, 3.05) is 5.75 Å². The number of hydrogen-bond acceptors (Lipinski definition) is 4. The van der Waals surface area contributed by atoms with Crippen molar-refractivity contribution in [3.8, 4) is 0 Å². The Hall–Kier alpha value is 0.0200. The first kappa shape index (κ1) is 15.1. The van der Waals surface area contributed by atoms with Crippen LogP contribution in [0.3, 0.4) is 0 Å². The van der Waals surface area contributed by atoms with Crippen LogP contribution in [-0.2, 0) is 14.9 Å². The molecule has 0 aromatic heterocycles. The van der Waals surface area contributed by atoms with E-state index in [2.05, 4.69) is 15.9 Å². The van der Waals surface area contributed by atoms with E-state index in [9.17, 15) is 17.8 Å². The van der Waals surface area contributed by atoms with Crippen molar-refractivity contribution in [3.05, 3.63) is 0 Å². The van der Waals surface area contributed by atoms with E-state index in [1.165, 1.54) is 0 Å². The van der Waals surface area contributed by atoms with Gasteiger partial charge in [0.2, 0.25) is 0 Å². The highest BCUT2D eigenvalue weighted by atomic mass is 79.9. The van der Waals surface area contributed by atoms with Crippen LogP contribution in [-0.4, -0.2) is 29.3 Å². The van der Waals surface area contributed by atoms with E-state index in [1.807, 2.05) is 0 Å². The Morgan fingerprint density at radius 3 is 2.35 bits per heavy atom. The molecule has 2 bridgehead atoms. The van der Waals surface area contributed by atoms with Gasteiger partial charge in [-0.3, -0.25) is 4.79 Å². The average Bonchev–Trinajstić information content (AvgIpc) is 2.40. The van der Waals surface area contributed by atoms with Gasteiger partial charge in [-0.25, -0.2) is 8.42 Å². The van der Waals surface area contributed by atoms with E-state index in [1.54, 1.807) is 13.8 Å². The Morgan fingerprint density at radius 2 is 2.00 bits per heavy atom. The standard InChI is InChI=1S/C10H15BrO4S.H3N/c1-9-4-3-6(7(11)8(9)12)10(9,2)5-16(13,14)15;/h6-7H,3-5H2,1-2H3,(H,13,14,15);1H3/t6-,7+,9+,10?;/m0./s1. The maximum Gasteiger partial charge on any atom is 0.153 e. The van der Waals surface area contributed by atoms with E-state index in [-0.39, 0.29) is 22.7 Å². The number of alkyl halides is 1. The molecule has 0 heterocycles. The molecule has 17 heavy (non-hydrogen) atoms. The Bertz CT molecular complexity index is 451. The van der Waals surface area contributed by atoms with Crippen LogP contribution in [0.5, 0.6) is 0 Å². The van der Waals surface area contributed by atoms with Crippen LogP contribution in [0.15, 0.2) is 0 Å². The maximum absolute atomic E-state index is 12.0. The van der Waals surface area contributed by atoms with Crippen molar-refractivity contribution < 1.29 is 17.8 Å². The summed E-state index contributed by atoms with van der Waals surface area (Å²) in [6.07, 6.45) is 1.49. The molecule has 0 radical (unpaired) electrons. The van der Waals surface area contributed by atoms with Gasteiger partial charge in [-0.15, -0.1) is 0 Å². The monoisotopic (exact) mass is 327 g/mol. The molecule has 0 aromatic carbocycles. The van der Waals surface area contributed by atoms with Crippen molar-refractivity contribution in [2.45, 2.75) is 31.5 Å². The normalized spacial score (nSPS) is 44.8. The fourth-order valence-corrected chi connectivity index (χ4v) is 6.07. The summed E-state index contributed by atoms with van der Waals surface area (Å²) in [5.74, 6) is -0.418. The van der Waals surface area contributed by atoms with Gasteiger partial charge in [0.25, 0.3) is 0 Å². The van der Waals surface area contributed by atoms with Crippen LogP contribution in [0.4, 0.5) is 0 Å². The fraction of sp³-hybridized carbons (Fsp3) is 0.900. The first-order valence-corrected chi connectivity index (χ1v) is 7.73. The second-order valence-electron chi connectivity index (χ2n) is 5.36. The molecule has 2 fully saturated rings. The maximum atomic E-state index is 12.0. The molecule has 4 atom stereocenters. The van der Waals surface area contributed by atoms with Crippen molar-refractivity contribution in [3.63, 3.8) is 0 Å². The number of quaternary nitrogens is 1. The van der Waals surface area contributed by atoms with E-state index >= 15 is 0 Å². The number of hydrogen-bond donors (Lipinski definition) is 1.